The molecule has 0 bridgehead atoms. The van der Waals surface area contributed by atoms with Crippen molar-refractivity contribution >= 4 is 22.4 Å². The number of aromatic nitrogens is 3. The number of benzene rings is 1. The van der Waals surface area contributed by atoms with Crippen molar-refractivity contribution in [1.82, 2.24) is 15.2 Å². The summed E-state index contributed by atoms with van der Waals surface area (Å²) in [5.41, 5.74) is 2.10. The van der Waals surface area contributed by atoms with E-state index in [1.54, 1.807) is 6.20 Å². The molecule has 0 radical (unpaired) electrons. The van der Waals surface area contributed by atoms with Gasteiger partial charge in [-0.25, -0.2) is 0 Å². The first-order valence-electron chi connectivity index (χ1n) is 10.3. The van der Waals surface area contributed by atoms with Gasteiger partial charge in [0.2, 0.25) is 0 Å². The topological polar surface area (TPSA) is 63.6 Å². The minimum Gasteiger partial charge on any atom is -0.490 e. The number of pyridine rings is 1. The molecule has 1 fully saturated rings. The highest BCUT2D eigenvalue weighted by Gasteiger charge is 2.19. The summed E-state index contributed by atoms with van der Waals surface area (Å²) in [7, 11) is 0. The lowest BCUT2D eigenvalue weighted by atomic mass is 10.1. The predicted molar refractivity (Wildman–Crippen MR) is 115 cm³/mol. The molecule has 1 aromatic carbocycles. The van der Waals surface area contributed by atoms with Gasteiger partial charge in [0.05, 0.1) is 18.7 Å². The fourth-order valence-corrected chi connectivity index (χ4v) is 3.80. The Morgan fingerprint density at radius 3 is 2.41 bits per heavy atom. The number of rotatable bonds is 6. The van der Waals surface area contributed by atoms with E-state index in [-0.39, 0.29) is 0 Å². The van der Waals surface area contributed by atoms with Crippen molar-refractivity contribution in [2.24, 2.45) is 0 Å². The Labute approximate surface area is 171 Å². The van der Waals surface area contributed by atoms with Crippen LogP contribution >= 0.6 is 0 Å². The molecule has 3 aromatic rings. The van der Waals surface area contributed by atoms with E-state index in [2.05, 4.69) is 37.1 Å². The molecule has 7 nitrogen and oxygen atoms in total. The molecule has 4 rings (SSSR count). The van der Waals surface area contributed by atoms with Crippen LogP contribution in [0.25, 0.3) is 10.9 Å². The average Bonchev–Trinajstić information content (AvgIpc) is 3.01. The summed E-state index contributed by atoms with van der Waals surface area (Å²) in [6, 6.07) is 10.1. The first-order valence-corrected chi connectivity index (χ1v) is 10.3. The maximum Gasteiger partial charge on any atom is 0.163 e. The van der Waals surface area contributed by atoms with Gasteiger partial charge in [0.1, 0.15) is 0 Å². The Morgan fingerprint density at radius 1 is 0.897 bits per heavy atom. The second-order valence-corrected chi connectivity index (χ2v) is 6.92. The van der Waals surface area contributed by atoms with Crippen molar-refractivity contribution in [1.29, 1.82) is 0 Å². The molecular weight excluding hydrogens is 366 g/mol. The van der Waals surface area contributed by atoms with Crippen molar-refractivity contribution in [2.45, 2.75) is 20.3 Å². The van der Waals surface area contributed by atoms with Gasteiger partial charge in [-0.3, -0.25) is 4.98 Å². The van der Waals surface area contributed by atoms with Crippen LogP contribution in [0.2, 0.25) is 0 Å². The number of ether oxygens (including phenoxy) is 2. The molecule has 0 amide bonds. The minimum atomic E-state index is 0.593. The van der Waals surface area contributed by atoms with E-state index in [0.29, 0.717) is 13.2 Å². The number of hydrogen-bond donors (Lipinski definition) is 0. The monoisotopic (exact) mass is 393 g/mol. The van der Waals surface area contributed by atoms with Gasteiger partial charge in [0.15, 0.2) is 17.3 Å². The maximum absolute atomic E-state index is 5.84. The minimum absolute atomic E-state index is 0.593. The molecule has 1 saturated heterocycles. The molecule has 1 aliphatic rings. The first kappa shape index (κ1) is 19.2. The van der Waals surface area contributed by atoms with E-state index in [0.717, 1.165) is 60.8 Å². The molecule has 152 valence electrons. The number of fused-ring (bicyclic) bond motifs is 1. The van der Waals surface area contributed by atoms with Gasteiger partial charge in [-0.1, -0.05) is 0 Å². The predicted octanol–water partition coefficient (Wildman–Crippen LogP) is 3.54. The van der Waals surface area contributed by atoms with Crippen LogP contribution < -0.4 is 19.3 Å². The fourth-order valence-electron chi connectivity index (χ4n) is 3.80. The highest BCUT2D eigenvalue weighted by Crippen LogP contribution is 2.36. The van der Waals surface area contributed by atoms with Gasteiger partial charge in [-0.2, -0.15) is 5.10 Å². The van der Waals surface area contributed by atoms with Gasteiger partial charge < -0.3 is 19.3 Å². The van der Waals surface area contributed by atoms with Crippen molar-refractivity contribution in [3.05, 3.63) is 42.7 Å². The number of nitrogens with zero attached hydrogens (tertiary/aromatic N) is 5. The van der Waals surface area contributed by atoms with Crippen LogP contribution in [-0.2, 0) is 0 Å². The third-order valence-electron chi connectivity index (χ3n) is 5.10. The van der Waals surface area contributed by atoms with Crippen LogP contribution in [0.5, 0.6) is 11.5 Å². The summed E-state index contributed by atoms with van der Waals surface area (Å²) in [5.74, 6) is 2.46. The highest BCUT2D eigenvalue weighted by molar-refractivity contribution is 5.94. The molecule has 3 heterocycles. The third kappa shape index (κ3) is 4.18. The maximum atomic E-state index is 5.84. The average molecular weight is 393 g/mol. The summed E-state index contributed by atoms with van der Waals surface area (Å²) in [6.07, 6.45) is 4.64. The van der Waals surface area contributed by atoms with E-state index in [1.807, 2.05) is 38.2 Å². The molecule has 0 aliphatic carbocycles. The molecule has 1 aliphatic heterocycles. The summed E-state index contributed by atoms with van der Waals surface area (Å²) in [5, 5.41) is 9.38. The van der Waals surface area contributed by atoms with Crippen LogP contribution in [0.3, 0.4) is 0 Å². The molecule has 0 N–H and O–H groups in total. The molecule has 2 aromatic heterocycles. The van der Waals surface area contributed by atoms with Crippen LogP contribution in [0.4, 0.5) is 11.5 Å². The van der Waals surface area contributed by atoms with E-state index < -0.39 is 0 Å². The smallest absolute Gasteiger partial charge is 0.163 e. The summed E-state index contributed by atoms with van der Waals surface area (Å²) in [4.78, 5) is 9.30. The van der Waals surface area contributed by atoms with Crippen molar-refractivity contribution in [2.75, 3.05) is 49.2 Å². The summed E-state index contributed by atoms with van der Waals surface area (Å²) < 4.78 is 11.6. The van der Waals surface area contributed by atoms with Gasteiger partial charge in [-0.15, -0.1) is 5.10 Å². The lowest BCUT2D eigenvalue weighted by molar-refractivity contribution is 0.288. The highest BCUT2D eigenvalue weighted by atomic mass is 16.5. The zero-order valence-corrected chi connectivity index (χ0v) is 17.0. The number of hydrogen-bond acceptors (Lipinski definition) is 7. The van der Waals surface area contributed by atoms with Gasteiger partial charge in [0, 0.05) is 55.7 Å². The van der Waals surface area contributed by atoms with Crippen LogP contribution in [0.15, 0.2) is 42.7 Å². The fraction of sp³-hybridized carbons (Fsp3) is 0.409. The van der Waals surface area contributed by atoms with Crippen molar-refractivity contribution in [3.8, 4) is 11.5 Å². The van der Waals surface area contributed by atoms with Gasteiger partial charge >= 0.3 is 0 Å². The Bertz CT molecular complexity index is 951. The molecule has 0 spiro atoms. The zero-order chi connectivity index (χ0) is 20.1. The van der Waals surface area contributed by atoms with Crippen molar-refractivity contribution in [3.63, 3.8) is 0 Å². The van der Waals surface area contributed by atoms with E-state index in [9.17, 15) is 0 Å². The largest absolute Gasteiger partial charge is 0.490 e. The molecule has 0 unspecified atom stereocenters. The van der Waals surface area contributed by atoms with Crippen LogP contribution in [0.1, 0.15) is 20.3 Å². The normalized spacial score (nSPS) is 14.7. The second kappa shape index (κ2) is 8.94. The Hall–Kier alpha value is -3.09. The van der Waals surface area contributed by atoms with E-state index in [1.165, 1.54) is 5.69 Å². The Balaban J connectivity index is 1.64. The lowest BCUT2D eigenvalue weighted by Crippen LogP contribution is -2.31. The van der Waals surface area contributed by atoms with Crippen LogP contribution in [0, 0.1) is 0 Å². The van der Waals surface area contributed by atoms with Crippen LogP contribution in [-0.4, -0.2) is 54.6 Å². The summed E-state index contributed by atoms with van der Waals surface area (Å²) in [6.45, 7) is 8.91. The molecule has 0 saturated carbocycles. The first-order chi connectivity index (χ1) is 14.3. The van der Waals surface area contributed by atoms with Crippen molar-refractivity contribution < 1.29 is 9.47 Å². The van der Waals surface area contributed by atoms with Gasteiger partial charge in [0.25, 0.3) is 0 Å². The van der Waals surface area contributed by atoms with E-state index in [4.69, 9.17) is 9.47 Å². The number of anilines is 2. The molecule has 0 atom stereocenters. The zero-order valence-electron chi connectivity index (χ0n) is 17.0. The third-order valence-corrected chi connectivity index (χ3v) is 5.10. The Morgan fingerprint density at radius 2 is 1.66 bits per heavy atom. The molecule has 29 heavy (non-hydrogen) atoms. The second-order valence-electron chi connectivity index (χ2n) is 6.92. The Kier molecular flexibility index (Phi) is 5.93. The molecule has 7 heteroatoms. The lowest BCUT2D eigenvalue weighted by Gasteiger charge is -2.25. The van der Waals surface area contributed by atoms with Gasteiger partial charge in [-0.05, 0) is 44.5 Å². The summed E-state index contributed by atoms with van der Waals surface area (Å²) >= 11 is 0. The molecular formula is C22H27N5O2. The van der Waals surface area contributed by atoms with E-state index >= 15 is 0 Å². The SMILES string of the molecule is CCOc1cc2nccc(N3CCCN(c4cccnn4)CC3)c2cc1OCC. The quantitative estimate of drug-likeness (QED) is 0.635. The standard InChI is InChI=1S/C22H27N5O2/c1-3-28-20-15-17-18(16-21(20)29-4-2)23-10-8-19(17)26-11-6-12-27(14-13-26)22-7-5-9-24-25-22/h5,7-10,15-16H,3-4,6,11-14H2,1-2H3.